The van der Waals surface area contributed by atoms with E-state index in [2.05, 4.69) is 63.8 Å². The first-order valence-corrected chi connectivity index (χ1v) is 8.34. The molecule has 0 saturated heterocycles. The van der Waals surface area contributed by atoms with Crippen molar-refractivity contribution >= 4 is 12.2 Å². The average Bonchev–Trinajstić information content (AvgIpc) is 2.63. The first kappa shape index (κ1) is 16.8. The largest absolute Gasteiger partial charge is 0.263 e. The monoisotopic (exact) mass is 331 g/mol. The summed E-state index contributed by atoms with van der Waals surface area (Å²) in [6, 6.07) is 18.2. The summed E-state index contributed by atoms with van der Waals surface area (Å²) in [6.07, 6.45) is 4.45. The van der Waals surface area contributed by atoms with Crippen LogP contribution in [0.2, 0.25) is 0 Å². The van der Waals surface area contributed by atoms with Gasteiger partial charge in [-0.2, -0.15) is 10.2 Å². The Bertz CT molecular complexity index is 826. The van der Waals surface area contributed by atoms with Gasteiger partial charge in [0.15, 0.2) is 0 Å². The van der Waals surface area contributed by atoms with Crippen molar-refractivity contribution < 1.29 is 0 Å². The summed E-state index contributed by atoms with van der Waals surface area (Å²) in [7, 11) is 0. The van der Waals surface area contributed by atoms with Gasteiger partial charge in [0.1, 0.15) is 0 Å². The molecule has 2 aromatic carbocycles. The van der Waals surface area contributed by atoms with Gasteiger partial charge in [-0.05, 0) is 23.5 Å². The highest BCUT2D eigenvalue weighted by molar-refractivity contribution is 5.79. The zero-order valence-corrected chi connectivity index (χ0v) is 14.4. The maximum absolute atomic E-state index is 4.47. The molecule has 0 aliphatic rings. The van der Waals surface area contributed by atoms with Gasteiger partial charge in [0.2, 0.25) is 0 Å². The molecule has 0 fully saturated rings. The van der Waals surface area contributed by atoms with Crippen molar-refractivity contribution in [3.8, 4) is 11.3 Å². The molecule has 0 spiro atoms. The van der Waals surface area contributed by atoms with Crippen LogP contribution in [0, 0.1) is 5.92 Å². The fourth-order valence-corrected chi connectivity index (χ4v) is 2.48. The van der Waals surface area contributed by atoms with Crippen LogP contribution < -0.4 is 5.43 Å². The second kappa shape index (κ2) is 8.15. The van der Waals surface area contributed by atoms with Crippen molar-refractivity contribution in [2.24, 2.45) is 11.0 Å². The van der Waals surface area contributed by atoms with Gasteiger partial charge in [-0.3, -0.25) is 0 Å². The standard InChI is InChI=1S/C20H21N5/c1-15(2)12-16-8-10-18(11-9-16)19-14-22-25-20(23-19)24-21-13-17-6-4-3-5-7-17/h3-11,13-15H,12H2,1-2H3,(H,23,24,25)/b21-13+. The zero-order valence-electron chi connectivity index (χ0n) is 14.4. The van der Waals surface area contributed by atoms with E-state index in [0.29, 0.717) is 11.9 Å². The quantitative estimate of drug-likeness (QED) is 0.543. The summed E-state index contributed by atoms with van der Waals surface area (Å²) in [4.78, 5) is 4.47. The molecule has 0 aliphatic heterocycles. The summed E-state index contributed by atoms with van der Waals surface area (Å²) in [6.45, 7) is 4.44. The van der Waals surface area contributed by atoms with Gasteiger partial charge in [-0.25, -0.2) is 10.4 Å². The number of aromatic nitrogens is 3. The Labute approximate surface area is 147 Å². The van der Waals surface area contributed by atoms with Gasteiger partial charge in [0.25, 0.3) is 5.95 Å². The molecular formula is C20H21N5. The predicted octanol–water partition coefficient (Wildman–Crippen LogP) is 4.18. The number of benzene rings is 2. The van der Waals surface area contributed by atoms with Gasteiger partial charge >= 0.3 is 0 Å². The van der Waals surface area contributed by atoms with Gasteiger partial charge < -0.3 is 0 Å². The van der Waals surface area contributed by atoms with Crippen LogP contribution in [0.3, 0.4) is 0 Å². The molecule has 0 saturated carbocycles. The molecule has 0 unspecified atom stereocenters. The number of rotatable bonds is 6. The molecule has 3 aromatic rings. The Morgan fingerprint density at radius 1 is 1.04 bits per heavy atom. The smallest absolute Gasteiger partial charge is 0.244 e. The molecule has 126 valence electrons. The normalized spacial score (nSPS) is 11.2. The van der Waals surface area contributed by atoms with Gasteiger partial charge in [-0.1, -0.05) is 68.4 Å². The van der Waals surface area contributed by atoms with E-state index in [-0.39, 0.29) is 0 Å². The fraction of sp³-hybridized carbons (Fsp3) is 0.200. The summed E-state index contributed by atoms with van der Waals surface area (Å²) >= 11 is 0. The Morgan fingerprint density at radius 2 is 1.80 bits per heavy atom. The maximum Gasteiger partial charge on any atom is 0.263 e. The number of nitrogens with one attached hydrogen (secondary N) is 1. The van der Waals surface area contributed by atoms with Crippen LogP contribution in [0.4, 0.5) is 5.95 Å². The lowest BCUT2D eigenvalue weighted by Gasteiger charge is -2.06. The summed E-state index contributed by atoms with van der Waals surface area (Å²) < 4.78 is 0. The van der Waals surface area contributed by atoms with Crippen LogP contribution in [0.5, 0.6) is 0 Å². The molecule has 1 heterocycles. The topological polar surface area (TPSA) is 63.1 Å². The molecule has 5 heteroatoms. The molecule has 25 heavy (non-hydrogen) atoms. The van der Waals surface area contributed by atoms with Crippen LogP contribution in [0.1, 0.15) is 25.0 Å². The van der Waals surface area contributed by atoms with Crippen LogP contribution >= 0.6 is 0 Å². The zero-order chi connectivity index (χ0) is 17.5. The number of hydrogen-bond acceptors (Lipinski definition) is 5. The lowest BCUT2D eigenvalue weighted by Crippen LogP contribution is -2.00. The fourth-order valence-electron chi connectivity index (χ4n) is 2.48. The summed E-state index contributed by atoms with van der Waals surface area (Å²) in [5.41, 5.74) is 6.93. The summed E-state index contributed by atoms with van der Waals surface area (Å²) in [5, 5.41) is 12.1. The second-order valence-electron chi connectivity index (χ2n) is 6.24. The summed E-state index contributed by atoms with van der Waals surface area (Å²) in [5.74, 6) is 1.01. The van der Waals surface area contributed by atoms with Crippen LogP contribution in [0.25, 0.3) is 11.3 Å². The van der Waals surface area contributed by atoms with Crippen molar-refractivity contribution in [3.63, 3.8) is 0 Å². The lowest BCUT2D eigenvalue weighted by atomic mass is 10.0. The molecule has 0 bridgehead atoms. The van der Waals surface area contributed by atoms with Crippen molar-refractivity contribution in [3.05, 3.63) is 71.9 Å². The van der Waals surface area contributed by atoms with E-state index < -0.39 is 0 Å². The van der Waals surface area contributed by atoms with E-state index in [1.807, 2.05) is 30.3 Å². The third-order valence-electron chi connectivity index (χ3n) is 3.63. The van der Waals surface area contributed by atoms with Gasteiger partial charge in [0.05, 0.1) is 18.1 Å². The highest BCUT2D eigenvalue weighted by Gasteiger charge is 2.04. The van der Waals surface area contributed by atoms with Crippen LogP contribution in [0.15, 0.2) is 65.9 Å². The number of anilines is 1. The Kier molecular flexibility index (Phi) is 5.46. The minimum absolute atomic E-state index is 0.371. The van der Waals surface area contributed by atoms with E-state index in [9.17, 15) is 0 Å². The Morgan fingerprint density at radius 3 is 2.52 bits per heavy atom. The highest BCUT2D eigenvalue weighted by atomic mass is 15.4. The molecule has 1 aromatic heterocycles. The second-order valence-corrected chi connectivity index (χ2v) is 6.24. The minimum atomic E-state index is 0.371. The number of hydrogen-bond donors (Lipinski definition) is 1. The Hall–Kier alpha value is -3.08. The molecule has 1 N–H and O–H groups in total. The molecule has 0 aliphatic carbocycles. The number of hydrazone groups is 1. The highest BCUT2D eigenvalue weighted by Crippen LogP contribution is 2.18. The van der Waals surface area contributed by atoms with Gasteiger partial charge in [-0.15, -0.1) is 5.10 Å². The first-order chi connectivity index (χ1) is 12.2. The third kappa shape index (κ3) is 4.94. The van der Waals surface area contributed by atoms with E-state index >= 15 is 0 Å². The van der Waals surface area contributed by atoms with Crippen LogP contribution in [-0.2, 0) is 6.42 Å². The SMILES string of the molecule is CC(C)Cc1ccc(-c2cnnc(N/N=C/c3ccccc3)n2)cc1. The molecule has 0 amide bonds. The van der Waals surface area contributed by atoms with Crippen molar-refractivity contribution in [2.45, 2.75) is 20.3 Å². The lowest BCUT2D eigenvalue weighted by molar-refractivity contribution is 0.647. The Balaban J connectivity index is 1.70. The van der Waals surface area contributed by atoms with E-state index in [0.717, 1.165) is 23.2 Å². The average molecular weight is 331 g/mol. The maximum atomic E-state index is 4.47. The predicted molar refractivity (Wildman–Crippen MR) is 101 cm³/mol. The molecule has 0 radical (unpaired) electrons. The van der Waals surface area contributed by atoms with E-state index in [1.165, 1.54) is 5.56 Å². The third-order valence-corrected chi connectivity index (χ3v) is 3.63. The van der Waals surface area contributed by atoms with Crippen molar-refractivity contribution in [1.82, 2.24) is 15.2 Å². The number of nitrogens with zero attached hydrogens (tertiary/aromatic N) is 4. The molecule has 3 rings (SSSR count). The first-order valence-electron chi connectivity index (χ1n) is 8.34. The van der Waals surface area contributed by atoms with Crippen molar-refractivity contribution in [1.29, 1.82) is 0 Å². The van der Waals surface area contributed by atoms with E-state index in [1.54, 1.807) is 12.4 Å². The van der Waals surface area contributed by atoms with Gasteiger partial charge in [0, 0.05) is 5.56 Å². The minimum Gasteiger partial charge on any atom is -0.244 e. The molecule has 5 nitrogen and oxygen atoms in total. The van der Waals surface area contributed by atoms with E-state index in [4.69, 9.17) is 0 Å². The molecule has 0 atom stereocenters. The van der Waals surface area contributed by atoms with Crippen molar-refractivity contribution in [2.75, 3.05) is 5.43 Å². The molecular weight excluding hydrogens is 310 g/mol. The van der Waals surface area contributed by atoms with Crippen LogP contribution in [-0.4, -0.2) is 21.4 Å².